The third-order valence-corrected chi connectivity index (χ3v) is 4.82. The van der Waals surface area contributed by atoms with E-state index in [-0.39, 0.29) is 17.9 Å². The van der Waals surface area contributed by atoms with Crippen LogP contribution in [0, 0.1) is 5.92 Å². The molecule has 0 radical (unpaired) electrons. The largest absolute Gasteiger partial charge is 0.378 e. The first-order valence-corrected chi connectivity index (χ1v) is 9.75. The van der Waals surface area contributed by atoms with Crippen molar-refractivity contribution >= 4 is 23.4 Å². The molecule has 1 aromatic carbocycles. The van der Waals surface area contributed by atoms with Gasteiger partial charge in [-0.1, -0.05) is 25.4 Å². The molecule has 1 aliphatic rings. The number of hydrogen-bond acceptors (Lipinski definition) is 3. The minimum Gasteiger partial charge on any atom is -0.378 e. The molecule has 6 heteroatoms. The van der Waals surface area contributed by atoms with Crippen LogP contribution < -0.4 is 5.32 Å². The van der Waals surface area contributed by atoms with E-state index in [4.69, 9.17) is 16.3 Å². The molecular weight excluding hydrogens is 352 g/mol. The van der Waals surface area contributed by atoms with Crippen LogP contribution in [0.4, 0.5) is 0 Å². The van der Waals surface area contributed by atoms with Crippen molar-refractivity contribution < 1.29 is 14.3 Å². The summed E-state index contributed by atoms with van der Waals surface area (Å²) in [6.07, 6.45) is 2.54. The maximum Gasteiger partial charge on any atom is 0.251 e. The number of likely N-dealkylation sites (tertiary alicyclic amines) is 1. The topological polar surface area (TPSA) is 58.6 Å². The zero-order valence-corrected chi connectivity index (χ0v) is 16.6. The van der Waals surface area contributed by atoms with E-state index in [1.807, 2.05) is 11.8 Å². The molecule has 2 rings (SSSR count). The van der Waals surface area contributed by atoms with Gasteiger partial charge in [-0.05, 0) is 56.4 Å². The number of amides is 2. The number of hydrogen-bond donors (Lipinski definition) is 1. The van der Waals surface area contributed by atoms with Crippen LogP contribution >= 0.6 is 11.6 Å². The molecule has 5 nitrogen and oxygen atoms in total. The summed E-state index contributed by atoms with van der Waals surface area (Å²) in [6, 6.07) is 6.18. The molecule has 0 saturated carbocycles. The smallest absolute Gasteiger partial charge is 0.251 e. The summed E-state index contributed by atoms with van der Waals surface area (Å²) in [6.45, 7) is 8.14. The van der Waals surface area contributed by atoms with Crippen LogP contribution in [0.15, 0.2) is 24.3 Å². The third kappa shape index (κ3) is 5.99. The maximum atomic E-state index is 13.0. The number of ether oxygens (including phenoxy) is 1. The highest BCUT2D eigenvalue weighted by atomic mass is 35.5. The Morgan fingerprint density at radius 2 is 1.85 bits per heavy atom. The number of nitrogens with zero attached hydrogens (tertiary/aromatic N) is 1. The van der Waals surface area contributed by atoms with E-state index in [0.29, 0.717) is 42.6 Å². The van der Waals surface area contributed by atoms with Crippen molar-refractivity contribution in [3.8, 4) is 0 Å². The minimum absolute atomic E-state index is 0.00374. The summed E-state index contributed by atoms with van der Waals surface area (Å²) >= 11 is 5.87. The molecule has 144 valence electrons. The number of carbonyl (C=O) groups is 2. The highest BCUT2D eigenvalue weighted by molar-refractivity contribution is 6.30. The fraction of sp³-hybridized carbons (Fsp3) is 0.600. The summed E-state index contributed by atoms with van der Waals surface area (Å²) < 4.78 is 5.65. The summed E-state index contributed by atoms with van der Waals surface area (Å²) in [5.41, 5.74) is 0.506. The fourth-order valence-electron chi connectivity index (χ4n) is 3.23. The van der Waals surface area contributed by atoms with Crippen LogP contribution in [-0.2, 0) is 9.53 Å². The second kappa shape index (κ2) is 9.93. The number of nitrogens with one attached hydrogen (secondary N) is 1. The molecule has 1 heterocycles. The van der Waals surface area contributed by atoms with Crippen LogP contribution in [-0.4, -0.2) is 48.6 Å². The van der Waals surface area contributed by atoms with Gasteiger partial charge in [0.15, 0.2) is 0 Å². The molecule has 1 saturated heterocycles. The van der Waals surface area contributed by atoms with Crippen molar-refractivity contribution in [2.75, 3.05) is 19.7 Å². The normalized spacial score (nSPS) is 16.6. The number of rotatable bonds is 7. The van der Waals surface area contributed by atoms with Crippen molar-refractivity contribution in [1.29, 1.82) is 0 Å². The number of halogens is 1. The summed E-state index contributed by atoms with van der Waals surface area (Å²) in [7, 11) is 0. The van der Waals surface area contributed by atoms with Gasteiger partial charge in [0.1, 0.15) is 6.04 Å². The van der Waals surface area contributed by atoms with Crippen LogP contribution in [0.2, 0.25) is 5.02 Å². The van der Waals surface area contributed by atoms with Crippen molar-refractivity contribution in [1.82, 2.24) is 10.2 Å². The Kier molecular flexibility index (Phi) is 7.91. The van der Waals surface area contributed by atoms with Crippen LogP contribution in [0.1, 0.15) is 50.4 Å². The Bertz CT molecular complexity index is 596. The van der Waals surface area contributed by atoms with E-state index in [9.17, 15) is 9.59 Å². The lowest BCUT2D eigenvalue weighted by Gasteiger charge is -2.34. The molecule has 1 unspecified atom stereocenters. The highest BCUT2D eigenvalue weighted by Gasteiger charge is 2.30. The molecule has 1 aliphatic heterocycles. The lowest BCUT2D eigenvalue weighted by molar-refractivity contribution is -0.136. The molecule has 0 spiro atoms. The number of piperidine rings is 1. The monoisotopic (exact) mass is 380 g/mol. The molecule has 1 fully saturated rings. The van der Waals surface area contributed by atoms with Gasteiger partial charge in [-0.25, -0.2) is 0 Å². The van der Waals surface area contributed by atoms with Crippen LogP contribution in [0.3, 0.4) is 0 Å². The van der Waals surface area contributed by atoms with E-state index in [1.54, 1.807) is 24.3 Å². The molecule has 0 bridgehead atoms. The van der Waals surface area contributed by atoms with Crippen molar-refractivity contribution in [2.24, 2.45) is 5.92 Å². The minimum atomic E-state index is -0.512. The van der Waals surface area contributed by atoms with E-state index >= 15 is 0 Å². The van der Waals surface area contributed by atoms with Gasteiger partial charge in [0.05, 0.1) is 6.10 Å². The number of carbonyl (C=O) groups excluding carboxylic acids is 2. The Balaban J connectivity index is 2.00. The van der Waals surface area contributed by atoms with Gasteiger partial charge in [0, 0.05) is 30.3 Å². The Morgan fingerprint density at radius 1 is 1.23 bits per heavy atom. The number of benzene rings is 1. The second-order valence-electron chi connectivity index (χ2n) is 7.14. The zero-order valence-electron chi connectivity index (χ0n) is 15.8. The van der Waals surface area contributed by atoms with Gasteiger partial charge in [0.25, 0.3) is 5.91 Å². The van der Waals surface area contributed by atoms with Gasteiger partial charge in [-0.15, -0.1) is 0 Å². The summed E-state index contributed by atoms with van der Waals surface area (Å²) in [4.78, 5) is 27.3. The molecule has 2 amide bonds. The van der Waals surface area contributed by atoms with Gasteiger partial charge in [0.2, 0.25) is 5.91 Å². The second-order valence-corrected chi connectivity index (χ2v) is 7.58. The van der Waals surface area contributed by atoms with E-state index < -0.39 is 6.04 Å². The summed E-state index contributed by atoms with van der Waals surface area (Å²) in [5, 5.41) is 3.49. The average molecular weight is 381 g/mol. The lowest BCUT2D eigenvalue weighted by Crippen LogP contribution is -2.51. The van der Waals surface area contributed by atoms with E-state index in [2.05, 4.69) is 19.2 Å². The van der Waals surface area contributed by atoms with Crippen LogP contribution in [0.5, 0.6) is 0 Å². The maximum absolute atomic E-state index is 13.0. The molecule has 0 aliphatic carbocycles. The average Bonchev–Trinajstić information content (AvgIpc) is 2.61. The molecular formula is C20H29ClN2O3. The first kappa shape index (κ1) is 20.7. The molecule has 1 atom stereocenters. The molecule has 0 aromatic heterocycles. The van der Waals surface area contributed by atoms with Gasteiger partial charge < -0.3 is 15.0 Å². The van der Waals surface area contributed by atoms with Gasteiger partial charge in [-0.2, -0.15) is 0 Å². The quantitative estimate of drug-likeness (QED) is 0.787. The van der Waals surface area contributed by atoms with Gasteiger partial charge in [-0.3, -0.25) is 9.59 Å². The standard InChI is InChI=1S/C20H29ClN2O3/c1-4-26-17-9-11-23(12-10-17)20(25)18(13-14(2)3)22-19(24)15-5-7-16(21)8-6-15/h5-8,14,17-18H,4,9-13H2,1-3H3,(H,22,24). The highest BCUT2D eigenvalue weighted by Crippen LogP contribution is 2.17. The molecule has 1 aromatic rings. The van der Waals surface area contributed by atoms with E-state index in [0.717, 1.165) is 12.8 Å². The zero-order chi connectivity index (χ0) is 19.1. The van der Waals surface area contributed by atoms with Crippen molar-refractivity contribution in [3.63, 3.8) is 0 Å². The molecule has 1 N–H and O–H groups in total. The third-order valence-electron chi connectivity index (χ3n) is 4.57. The Labute approximate surface area is 161 Å². The first-order chi connectivity index (χ1) is 12.4. The summed E-state index contributed by atoms with van der Waals surface area (Å²) in [5.74, 6) is 0.0521. The SMILES string of the molecule is CCOC1CCN(C(=O)C(CC(C)C)NC(=O)c2ccc(Cl)cc2)CC1. The van der Waals surface area contributed by atoms with Crippen LogP contribution in [0.25, 0.3) is 0 Å². The van der Waals surface area contributed by atoms with E-state index in [1.165, 1.54) is 0 Å². The van der Waals surface area contributed by atoms with Crippen molar-refractivity contribution in [2.45, 2.75) is 52.2 Å². The predicted octanol–water partition coefficient (Wildman–Crippen LogP) is 3.51. The first-order valence-electron chi connectivity index (χ1n) is 9.37. The fourth-order valence-corrected chi connectivity index (χ4v) is 3.36. The Hall–Kier alpha value is -1.59. The molecule has 26 heavy (non-hydrogen) atoms. The predicted molar refractivity (Wildman–Crippen MR) is 103 cm³/mol. The van der Waals surface area contributed by atoms with Gasteiger partial charge >= 0.3 is 0 Å². The lowest BCUT2D eigenvalue weighted by atomic mass is 10.00. The Morgan fingerprint density at radius 3 is 2.38 bits per heavy atom. The van der Waals surface area contributed by atoms with Crippen molar-refractivity contribution in [3.05, 3.63) is 34.9 Å².